The molecular weight excluding hydrogens is 501 g/mol. The van der Waals surface area contributed by atoms with Gasteiger partial charge in [-0.3, -0.25) is 9.79 Å². The van der Waals surface area contributed by atoms with Crippen molar-refractivity contribution in [2.24, 2.45) is 4.99 Å². The van der Waals surface area contributed by atoms with Gasteiger partial charge in [-0.25, -0.2) is 4.98 Å². The normalized spacial score (nSPS) is 13.2. The van der Waals surface area contributed by atoms with Crippen LogP contribution in [0.2, 0.25) is 0 Å². The second-order valence-corrected chi connectivity index (χ2v) is 7.66. The zero-order chi connectivity index (χ0) is 19.8. The largest absolute Gasteiger partial charge is 0.492 e. The standard InChI is InChI=1S/C20H27N5O2S.HI/c1-3-16-13-24-19(28-16)8-9-22-20(21-2)23-10-11-27-15-5-6-17-14(12-15)4-7-18(26)25-17;/h5-6,12-13H,3-4,7-11H2,1-2H3,(H,25,26)(H2,21,22,23);1H. The number of carbonyl (C=O) groups excluding carboxylic acids is 1. The van der Waals surface area contributed by atoms with Crippen LogP contribution in [0, 0.1) is 0 Å². The van der Waals surface area contributed by atoms with Crippen LogP contribution in [0.1, 0.15) is 28.8 Å². The van der Waals surface area contributed by atoms with Gasteiger partial charge in [0.05, 0.1) is 11.6 Å². The van der Waals surface area contributed by atoms with Crippen molar-refractivity contribution in [1.82, 2.24) is 15.6 Å². The molecule has 9 heteroatoms. The predicted octanol–water partition coefficient (Wildman–Crippen LogP) is 2.99. The first-order chi connectivity index (χ1) is 13.7. The van der Waals surface area contributed by atoms with E-state index in [9.17, 15) is 4.79 Å². The lowest BCUT2D eigenvalue weighted by Gasteiger charge is -2.18. The SMILES string of the molecule is CCc1cnc(CCNC(=NC)NCCOc2ccc3c(c2)CCC(=O)N3)s1.I. The molecule has 0 aliphatic carbocycles. The second-order valence-electron chi connectivity index (χ2n) is 6.47. The van der Waals surface area contributed by atoms with E-state index in [1.54, 1.807) is 18.4 Å². The highest BCUT2D eigenvalue weighted by atomic mass is 127. The molecule has 0 radical (unpaired) electrons. The third-order valence-electron chi connectivity index (χ3n) is 4.44. The Labute approximate surface area is 192 Å². The Bertz CT molecular complexity index is 840. The van der Waals surface area contributed by atoms with Gasteiger partial charge >= 0.3 is 0 Å². The molecular formula is C20H28IN5O2S. The first kappa shape index (κ1) is 23.4. The molecule has 29 heavy (non-hydrogen) atoms. The number of ether oxygens (including phenoxy) is 1. The summed E-state index contributed by atoms with van der Waals surface area (Å²) in [5.41, 5.74) is 2.01. The molecule has 1 aromatic heterocycles. The number of aliphatic imine (C=N–C) groups is 1. The number of hydrogen-bond donors (Lipinski definition) is 3. The number of nitrogens with one attached hydrogen (secondary N) is 3. The third kappa shape index (κ3) is 7.14. The van der Waals surface area contributed by atoms with Gasteiger partial charge in [0.1, 0.15) is 12.4 Å². The Hall–Kier alpha value is -1.88. The number of fused-ring (bicyclic) bond motifs is 1. The number of anilines is 1. The van der Waals surface area contributed by atoms with Gasteiger partial charge in [0.15, 0.2) is 5.96 Å². The topological polar surface area (TPSA) is 87.6 Å². The van der Waals surface area contributed by atoms with Gasteiger partial charge in [-0.05, 0) is 36.6 Å². The molecule has 1 amide bonds. The molecule has 0 fully saturated rings. The highest BCUT2D eigenvalue weighted by Crippen LogP contribution is 2.26. The first-order valence-corrected chi connectivity index (χ1v) is 10.4. The molecule has 2 heterocycles. The number of nitrogens with zero attached hydrogens (tertiary/aromatic N) is 2. The number of amides is 1. The molecule has 7 nitrogen and oxygen atoms in total. The van der Waals surface area contributed by atoms with Crippen molar-refractivity contribution in [2.45, 2.75) is 32.6 Å². The lowest BCUT2D eigenvalue weighted by molar-refractivity contribution is -0.116. The molecule has 158 valence electrons. The van der Waals surface area contributed by atoms with E-state index in [4.69, 9.17) is 4.74 Å². The van der Waals surface area contributed by atoms with Crippen molar-refractivity contribution in [3.63, 3.8) is 0 Å². The summed E-state index contributed by atoms with van der Waals surface area (Å²) in [4.78, 5) is 21.4. The Morgan fingerprint density at radius 1 is 1.31 bits per heavy atom. The second kappa shape index (κ2) is 12.0. The molecule has 1 aliphatic heterocycles. The number of carbonyl (C=O) groups is 1. The maximum absolute atomic E-state index is 11.4. The van der Waals surface area contributed by atoms with E-state index >= 15 is 0 Å². The zero-order valence-electron chi connectivity index (χ0n) is 16.8. The number of rotatable bonds is 8. The molecule has 0 spiro atoms. The molecule has 0 bridgehead atoms. The molecule has 2 aromatic rings. The maximum Gasteiger partial charge on any atom is 0.224 e. The smallest absolute Gasteiger partial charge is 0.224 e. The highest BCUT2D eigenvalue weighted by molar-refractivity contribution is 14.0. The summed E-state index contributed by atoms with van der Waals surface area (Å²) in [7, 11) is 1.76. The van der Waals surface area contributed by atoms with Crippen molar-refractivity contribution in [2.75, 3.05) is 32.1 Å². The van der Waals surface area contributed by atoms with Crippen molar-refractivity contribution in [1.29, 1.82) is 0 Å². The van der Waals surface area contributed by atoms with E-state index in [1.807, 2.05) is 24.4 Å². The number of thiazole rings is 1. The predicted molar refractivity (Wildman–Crippen MR) is 129 cm³/mol. The summed E-state index contributed by atoms with van der Waals surface area (Å²) in [5.74, 6) is 1.64. The molecule has 1 aliphatic rings. The minimum absolute atomic E-state index is 0. The zero-order valence-corrected chi connectivity index (χ0v) is 19.9. The molecule has 0 atom stereocenters. The third-order valence-corrected chi connectivity index (χ3v) is 5.64. The number of hydrogen-bond acceptors (Lipinski definition) is 5. The summed E-state index contributed by atoms with van der Waals surface area (Å²) in [6, 6.07) is 5.79. The van der Waals surface area contributed by atoms with E-state index in [1.165, 1.54) is 4.88 Å². The molecule has 3 N–H and O–H groups in total. The summed E-state index contributed by atoms with van der Waals surface area (Å²) < 4.78 is 5.82. The molecule has 0 saturated carbocycles. The fourth-order valence-corrected chi connectivity index (χ4v) is 3.79. The highest BCUT2D eigenvalue weighted by Gasteiger charge is 2.14. The number of guanidine groups is 1. The van der Waals surface area contributed by atoms with Crippen LogP contribution in [0.15, 0.2) is 29.4 Å². The fourth-order valence-electron chi connectivity index (χ4n) is 2.92. The van der Waals surface area contributed by atoms with Crippen LogP contribution in [-0.4, -0.2) is 43.6 Å². The van der Waals surface area contributed by atoms with Gasteiger partial charge in [0, 0.05) is 43.2 Å². The Morgan fingerprint density at radius 2 is 2.14 bits per heavy atom. The Morgan fingerprint density at radius 3 is 2.90 bits per heavy atom. The van der Waals surface area contributed by atoms with Crippen LogP contribution in [-0.2, 0) is 24.1 Å². The number of halogens is 1. The number of aryl methyl sites for hydroxylation is 2. The van der Waals surface area contributed by atoms with Crippen LogP contribution in [0.5, 0.6) is 5.75 Å². The molecule has 0 saturated heterocycles. The van der Waals surface area contributed by atoms with E-state index in [-0.39, 0.29) is 29.9 Å². The van der Waals surface area contributed by atoms with Gasteiger partial charge in [0.25, 0.3) is 0 Å². The summed E-state index contributed by atoms with van der Waals surface area (Å²) in [6.45, 7) is 4.10. The van der Waals surface area contributed by atoms with Crippen LogP contribution in [0.3, 0.4) is 0 Å². The van der Waals surface area contributed by atoms with Crippen molar-refractivity contribution >= 4 is 52.9 Å². The van der Waals surface area contributed by atoms with Crippen LogP contribution in [0.25, 0.3) is 0 Å². The van der Waals surface area contributed by atoms with Crippen LogP contribution in [0.4, 0.5) is 5.69 Å². The first-order valence-electron chi connectivity index (χ1n) is 9.61. The number of benzene rings is 1. The Kier molecular flexibility index (Phi) is 9.65. The molecule has 1 aromatic carbocycles. The summed E-state index contributed by atoms with van der Waals surface area (Å²) in [6.07, 6.45) is 5.16. The Balaban J connectivity index is 0.00000300. The van der Waals surface area contributed by atoms with E-state index in [0.717, 1.165) is 53.8 Å². The van der Waals surface area contributed by atoms with Crippen molar-refractivity contribution in [3.05, 3.63) is 39.8 Å². The van der Waals surface area contributed by atoms with Gasteiger partial charge < -0.3 is 20.7 Å². The van der Waals surface area contributed by atoms with Crippen LogP contribution < -0.4 is 20.7 Å². The van der Waals surface area contributed by atoms with Gasteiger partial charge in [-0.15, -0.1) is 35.3 Å². The quantitative estimate of drug-likeness (QED) is 0.212. The fraction of sp³-hybridized carbons (Fsp3) is 0.450. The van der Waals surface area contributed by atoms with Crippen LogP contribution >= 0.6 is 35.3 Å². The van der Waals surface area contributed by atoms with E-state index in [2.05, 4.69) is 32.9 Å². The van der Waals surface area contributed by atoms with Gasteiger partial charge in [-0.2, -0.15) is 0 Å². The maximum atomic E-state index is 11.4. The lowest BCUT2D eigenvalue weighted by Crippen LogP contribution is -2.40. The minimum atomic E-state index is 0. The lowest BCUT2D eigenvalue weighted by atomic mass is 10.0. The van der Waals surface area contributed by atoms with E-state index in [0.29, 0.717) is 19.6 Å². The number of aromatic nitrogens is 1. The van der Waals surface area contributed by atoms with Gasteiger partial charge in [0.2, 0.25) is 5.91 Å². The summed E-state index contributed by atoms with van der Waals surface area (Å²) >= 11 is 1.77. The van der Waals surface area contributed by atoms with E-state index < -0.39 is 0 Å². The average Bonchev–Trinajstić information content (AvgIpc) is 3.17. The van der Waals surface area contributed by atoms with Crippen molar-refractivity contribution < 1.29 is 9.53 Å². The molecule has 3 rings (SSSR count). The minimum Gasteiger partial charge on any atom is -0.492 e. The molecule has 0 unspecified atom stereocenters. The summed E-state index contributed by atoms with van der Waals surface area (Å²) in [5, 5.41) is 10.6. The van der Waals surface area contributed by atoms with Crippen molar-refractivity contribution in [3.8, 4) is 5.75 Å². The average molecular weight is 529 g/mol. The monoisotopic (exact) mass is 529 g/mol. The van der Waals surface area contributed by atoms with Gasteiger partial charge in [-0.1, -0.05) is 6.92 Å².